The smallest absolute Gasteiger partial charge is 0.267 e. The number of nitrogens with zero attached hydrogens (tertiary/aromatic N) is 3. The monoisotopic (exact) mass is 342 g/mol. The first-order valence-corrected chi connectivity index (χ1v) is 8.64. The first kappa shape index (κ1) is 17.5. The number of nitrogens with one attached hydrogen (secondary N) is 1. The Hall–Kier alpha value is -1.87. The van der Waals surface area contributed by atoms with E-state index in [0.29, 0.717) is 6.54 Å². The molecule has 2 rings (SSSR count). The van der Waals surface area contributed by atoms with Gasteiger partial charge in [-0.2, -0.15) is 4.31 Å². The average Bonchev–Trinajstić information content (AvgIpc) is 2.86. The number of carbonyl (C=O) groups is 2. The molecule has 8 nitrogen and oxygen atoms in total. The molecule has 23 heavy (non-hydrogen) atoms. The van der Waals surface area contributed by atoms with Crippen molar-refractivity contribution in [3.8, 4) is 0 Å². The number of carbonyl (C=O) groups excluding carboxylic acids is 2. The minimum absolute atomic E-state index is 0.00373. The topological polar surface area (TPSA) is 91.7 Å². The van der Waals surface area contributed by atoms with Gasteiger partial charge in [-0.05, 0) is 19.9 Å². The molecule has 2 heterocycles. The van der Waals surface area contributed by atoms with Gasteiger partial charge in [-0.1, -0.05) is 0 Å². The van der Waals surface area contributed by atoms with Crippen LogP contribution in [-0.2, 0) is 21.9 Å². The van der Waals surface area contributed by atoms with E-state index in [0.717, 1.165) is 0 Å². The third-order valence-electron chi connectivity index (χ3n) is 4.16. The molecule has 1 saturated heterocycles. The zero-order valence-electron chi connectivity index (χ0n) is 14.0. The molecule has 1 N–H and O–H groups in total. The van der Waals surface area contributed by atoms with Crippen LogP contribution in [0, 0.1) is 0 Å². The second kappa shape index (κ2) is 5.64. The highest BCUT2D eigenvalue weighted by molar-refractivity contribution is 7.89. The first-order chi connectivity index (χ1) is 10.5. The van der Waals surface area contributed by atoms with E-state index in [-0.39, 0.29) is 28.9 Å². The van der Waals surface area contributed by atoms with Crippen LogP contribution in [0.15, 0.2) is 17.2 Å². The van der Waals surface area contributed by atoms with Gasteiger partial charge < -0.3 is 14.8 Å². The second-order valence-electron chi connectivity index (χ2n) is 6.11. The van der Waals surface area contributed by atoms with Gasteiger partial charge in [-0.15, -0.1) is 0 Å². The number of hydrogen-bond donors (Lipinski definition) is 1. The van der Waals surface area contributed by atoms with E-state index in [1.807, 2.05) is 0 Å². The molecule has 1 aromatic rings. The lowest BCUT2D eigenvalue weighted by molar-refractivity contribution is -0.142. The van der Waals surface area contributed by atoms with Crippen LogP contribution in [-0.4, -0.2) is 66.7 Å². The maximum Gasteiger partial charge on any atom is 0.267 e. The standard InChI is InChI=1S/C14H22N4O4S/c1-14(2)13(20)16(4)6-7-18(14)23(21,22)10-8-11(12(19)15-3)17(5)9-10/h8-9H,6-7H2,1-5H3,(H,15,19). The Kier molecular flexibility index (Phi) is 4.29. The summed E-state index contributed by atoms with van der Waals surface area (Å²) in [7, 11) is 0.848. The van der Waals surface area contributed by atoms with Crippen LogP contribution < -0.4 is 5.32 Å². The molecule has 0 radical (unpaired) electrons. The van der Waals surface area contributed by atoms with E-state index in [1.54, 1.807) is 27.9 Å². The van der Waals surface area contributed by atoms with Crippen molar-refractivity contribution in [3.63, 3.8) is 0 Å². The molecular formula is C14H22N4O4S. The number of piperazine rings is 1. The van der Waals surface area contributed by atoms with Crippen molar-refractivity contribution < 1.29 is 18.0 Å². The zero-order valence-corrected chi connectivity index (χ0v) is 14.8. The summed E-state index contributed by atoms with van der Waals surface area (Å²) < 4.78 is 28.5. The molecule has 128 valence electrons. The number of rotatable bonds is 3. The SMILES string of the molecule is CNC(=O)c1cc(S(=O)(=O)N2CCN(C)C(=O)C2(C)C)cn1C. The highest BCUT2D eigenvalue weighted by Crippen LogP contribution is 2.29. The molecule has 9 heteroatoms. The van der Waals surface area contributed by atoms with Crippen molar-refractivity contribution in [3.05, 3.63) is 18.0 Å². The van der Waals surface area contributed by atoms with Gasteiger partial charge >= 0.3 is 0 Å². The molecule has 1 fully saturated rings. The van der Waals surface area contributed by atoms with Gasteiger partial charge in [0.05, 0.1) is 0 Å². The van der Waals surface area contributed by atoms with Crippen molar-refractivity contribution in [1.82, 2.24) is 19.1 Å². The predicted molar refractivity (Wildman–Crippen MR) is 84.4 cm³/mol. The van der Waals surface area contributed by atoms with E-state index >= 15 is 0 Å². The third-order valence-corrected chi connectivity index (χ3v) is 6.20. The summed E-state index contributed by atoms with van der Waals surface area (Å²) in [6.45, 7) is 3.72. The minimum atomic E-state index is -3.88. The Morgan fingerprint density at radius 1 is 1.26 bits per heavy atom. The van der Waals surface area contributed by atoms with Gasteiger partial charge in [0.2, 0.25) is 15.9 Å². The molecule has 0 saturated carbocycles. The maximum atomic E-state index is 12.9. The van der Waals surface area contributed by atoms with Gasteiger partial charge in [-0.25, -0.2) is 8.42 Å². The normalized spacial score (nSPS) is 19.0. The lowest BCUT2D eigenvalue weighted by atomic mass is 10.0. The summed E-state index contributed by atoms with van der Waals surface area (Å²) in [4.78, 5) is 25.6. The molecule has 0 atom stereocenters. The molecule has 0 bridgehead atoms. The van der Waals surface area contributed by atoms with Crippen LogP contribution in [0.25, 0.3) is 0 Å². The third kappa shape index (κ3) is 2.74. The van der Waals surface area contributed by atoms with E-state index in [1.165, 1.54) is 33.1 Å². The maximum absolute atomic E-state index is 12.9. The predicted octanol–water partition coefficient (Wildman–Crippen LogP) is -0.374. The molecular weight excluding hydrogens is 320 g/mol. The Bertz CT molecular complexity index is 751. The van der Waals surface area contributed by atoms with Crippen molar-refractivity contribution in [2.24, 2.45) is 7.05 Å². The van der Waals surface area contributed by atoms with E-state index in [4.69, 9.17) is 0 Å². The van der Waals surface area contributed by atoms with Crippen molar-refractivity contribution in [2.75, 3.05) is 27.2 Å². The van der Waals surface area contributed by atoms with Gasteiger partial charge in [0.1, 0.15) is 16.1 Å². The lowest BCUT2D eigenvalue weighted by Crippen LogP contribution is -2.63. The summed E-state index contributed by atoms with van der Waals surface area (Å²) in [6.07, 6.45) is 1.39. The minimum Gasteiger partial charge on any atom is -0.354 e. The zero-order chi connectivity index (χ0) is 17.6. The van der Waals surface area contributed by atoms with Crippen LogP contribution in [0.1, 0.15) is 24.3 Å². The van der Waals surface area contributed by atoms with Gasteiger partial charge in [0.25, 0.3) is 5.91 Å². The Morgan fingerprint density at radius 3 is 2.43 bits per heavy atom. The molecule has 0 aliphatic carbocycles. The second-order valence-corrected chi connectivity index (χ2v) is 7.98. The Balaban J connectivity index is 2.47. The Labute approximate surface area is 136 Å². The molecule has 1 aliphatic heterocycles. The molecule has 1 aliphatic rings. The summed E-state index contributed by atoms with van der Waals surface area (Å²) in [5.74, 6) is -0.627. The first-order valence-electron chi connectivity index (χ1n) is 7.20. The number of amides is 2. The number of aromatic nitrogens is 1. The fourth-order valence-corrected chi connectivity index (χ4v) is 4.58. The average molecular weight is 342 g/mol. The van der Waals surface area contributed by atoms with Crippen LogP contribution in [0.3, 0.4) is 0 Å². The van der Waals surface area contributed by atoms with Crippen molar-refractivity contribution >= 4 is 21.8 Å². The highest BCUT2D eigenvalue weighted by atomic mass is 32.2. The summed E-state index contributed by atoms with van der Waals surface area (Å²) >= 11 is 0. The summed E-state index contributed by atoms with van der Waals surface area (Å²) in [5.41, 5.74) is -0.932. The quantitative estimate of drug-likeness (QED) is 0.811. The molecule has 0 spiro atoms. The van der Waals surface area contributed by atoms with Gasteiger partial charge in [0.15, 0.2) is 0 Å². The largest absolute Gasteiger partial charge is 0.354 e. The van der Waals surface area contributed by atoms with Gasteiger partial charge in [0, 0.05) is 40.4 Å². The number of aryl methyl sites for hydroxylation is 1. The highest BCUT2D eigenvalue weighted by Gasteiger charge is 2.47. The molecule has 1 aromatic heterocycles. The van der Waals surface area contributed by atoms with Crippen LogP contribution in [0.4, 0.5) is 0 Å². The van der Waals surface area contributed by atoms with Crippen molar-refractivity contribution in [2.45, 2.75) is 24.3 Å². The van der Waals surface area contributed by atoms with Crippen LogP contribution in [0.5, 0.6) is 0 Å². The fourth-order valence-electron chi connectivity index (χ4n) is 2.77. The lowest BCUT2D eigenvalue weighted by Gasteiger charge is -2.43. The molecule has 0 unspecified atom stereocenters. The molecule has 2 amide bonds. The van der Waals surface area contributed by atoms with E-state index in [2.05, 4.69) is 5.32 Å². The van der Waals surface area contributed by atoms with Crippen LogP contribution >= 0.6 is 0 Å². The fraction of sp³-hybridized carbons (Fsp3) is 0.571. The summed E-state index contributed by atoms with van der Waals surface area (Å²) in [5, 5.41) is 2.47. The van der Waals surface area contributed by atoms with Crippen molar-refractivity contribution in [1.29, 1.82) is 0 Å². The number of hydrogen-bond acceptors (Lipinski definition) is 4. The summed E-state index contributed by atoms with van der Waals surface area (Å²) in [6, 6.07) is 1.33. The number of likely N-dealkylation sites (N-methyl/N-ethyl adjacent to an activating group) is 1. The number of sulfonamides is 1. The van der Waals surface area contributed by atoms with E-state index < -0.39 is 15.6 Å². The van der Waals surface area contributed by atoms with E-state index in [9.17, 15) is 18.0 Å². The van der Waals surface area contributed by atoms with Gasteiger partial charge in [-0.3, -0.25) is 9.59 Å². The molecule has 0 aromatic carbocycles. The van der Waals surface area contributed by atoms with Crippen LogP contribution in [0.2, 0.25) is 0 Å². The Morgan fingerprint density at radius 2 is 1.87 bits per heavy atom.